The van der Waals surface area contributed by atoms with Crippen molar-refractivity contribution in [1.82, 2.24) is 0 Å². The Morgan fingerprint density at radius 2 is 1.76 bits per heavy atom. The third kappa shape index (κ3) is 4.78. The van der Waals surface area contributed by atoms with Gasteiger partial charge in [-0.2, -0.15) is 0 Å². The molecule has 1 N–H and O–H groups in total. The van der Waals surface area contributed by atoms with Crippen LogP contribution in [0.3, 0.4) is 0 Å². The van der Waals surface area contributed by atoms with Crippen molar-refractivity contribution in [2.45, 2.75) is 52.9 Å². The first-order chi connectivity index (χ1) is 7.91. The molecular formula is C14H28O3. The van der Waals surface area contributed by atoms with Gasteiger partial charge < -0.3 is 14.6 Å². The molecule has 0 heterocycles. The maximum Gasteiger partial charge on any atom is 0.162 e. The summed E-state index contributed by atoms with van der Waals surface area (Å²) >= 11 is 0. The monoisotopic (exact) mass is 244 g/mol. The number of unbranched alkanes of at least 4 members (excludes halogenated alkanes) is 1. The maximum atomic E-state index is 10.1. The van der Waals surface area contributed by atoms with E-state index in [1.165, 1.54) is 0 Å². The molecule has 0 aliphatic carbocycles. The van der Waals surface area contributed by atoms with Crippen LogP contribution in [0.15, 0.2) is 12.2 Å². The quantitative estimate of drug-likeness (QED) is 0.527. The van der Waals surface area contributed by atoms with E-state index in [2.05, 4.69) is 6.92 Å². The standard InChI is InChI=1S/C14H28O3/c1-7-8-9-10-12(15)11(2)14(3,4)13(16-5)17-6/h9-13,15H,7-8H2,1-6H3/b10-9+/t11-,12+/m1/s1. The summed E-state index contributed by atoms with van der Waals surface area (Å²) in [5.41, 5.74) is -0.251. The van der Waals surface area contributed by atoms with E-state index in [-0.39, 0.29) is 17.6 Å². The molecule has 0 fully saturated rings. The molecule has 0 saturated carbocycles. The van der Waals surface area contributed by atoms with Gasteiger partial charge in [0.2, 0.25) is 0 Å². The molecule has 102 valence electrons. The lowest BCUT2D eigenvalue weighted by Gasteiger charge is -2.38. The molecule has 0 bridgehead atoms. The summed E-state index contributed by atoms with van der Waals surface area (Å²) in [5.74, 6) is 0.0560. The van der Waals surface area contributed by atoms with Crippen LogP contribution in [0, 0.1) is 11.3 Å². The Morgan fingerprint density at radius 1 is 1.24 bits per heavy atom. The summed E-state index contributed by atoms with van der Waals surface area (Å²) in [6.45, 7) is 8.24. The Bertz CT molecular complexity index is 220. The molecule has 0 unspecified atom stereocenters. The minimum atomic E-state index is -0.468. The minimum Gasteiger partial charge on any atom is -0.389 e. The van der Waals surface area contributed by atoms with Crippen molar-refractivity contribution in [3.8, 4) is 0 Å². The molecule has 0 aliphatic rings. The van der Waals surface area contributed by atoms with E-state index in [9.17, 15) is 5.11 Å². The van der Waals surface area contributed by atoms with E-state index in [4.69, 9.17) is 9.47 Å². The lowest BCUT2D eigenvalue weighted by atomic mass is 9.76. The molecule has 0 aromatic heterocycles. The van der Waals surface area contributed by atoms with E-state index in [1.54, 1.807) is 14.2 Å². The summed E-state index contributed by atoms with van der Waals surface area (Å²) in [4.78, 5) is 0. The van der Waals surface area contributed by atoms with Gasteiger partial charge >= 0.3 is 0 Å². The minimum absolute atomic E-state index is 0.0560. The largest absolute Gasteiger partial charge is 0.389 e. The third-order valence-electron chi connectivity index (χ3n) is 3.51. The molecule has 3 nitrogen and oxygen atoms in total. The molecule has 0 aromatic rings. The molecule has 0 aliphatic heterocycles. The fourth-order valence-corrected chi connectivity index (χ4v) is 1.93. The van der Waals surface area contributed by atoms with Crippen LogP contribution in [0.25, 0.3) is 0 Å². The number of ether oxygens (including phenoxy) is 2. The molecule has 17 heavy (non-hydrogen) atoms. The maximum absolute atomic E-state index is 10.1. The van der Waals surface area contributed by atoms with Crippen molar-refractivity contribution >= 4 is 0 Å². The second-order valence-electron chi connectivity index (χ2n) is 5.12. The molecule has 2 atom stereocenters. The molecule has 0 rings (SSSR count). The van der Waals surface area contributed by atoms with Gasteiger partial charge in [0.25, 0.3) is 0 Å². The van der Waals surface area contributed by atoms with Gasteiger partial charge in [-0.3, -0.25) is 0 Å². The normalized spacial score (nSPS) is 16.7. The van der Waals surface area contributed by atoms with Gasteiger partial charge in [-0.05, 0) is 12.3 Å². The second kappa shape index (κ2) is 7.85. The second-order valence-corrected chi connectivity index (χ2v) is 5.12. The highest BCUT2D eigenvalue weighted by Gasteiger charge is 2.38. The van der Waals surface area contributed by atoms with Crippen LogP contribution < -0.4 is 0 Å². The zero-order valence-corrected chi connectivity index (χ0v) is 12.1. The SMILES string of the molecule is CCC/C=C/[C@H](O)[C@@H](C)C(C)(C)C(OC)OC. The van der Waals surface area contributed by atoms with Crippen LogP contribution in [0.4, 0.5) is 0 Å². The van der Waals surface area contributed by atoms with Gasteiger partial charge in [-0.25, -0.2) is 0 Å². The number of methoxy groups -OCH3 is 2. The van der Waals surface area contributed by atoms with Crippen LogP contribution in [-0.4, -0.2) is 31.7 Å². The van der Waals surface area contributed by atoms with Crippen molar-refractivity contribution in [3.63, 3.8) is 0 Å². The van der Waals surface area contributed by atoms with Gasteiger partial charge in [-0.15, -0.1) is 0 Å². The Morgan fingerprint density at radius 3 is 2.18 bits per heavy atom. The first kappa shape index (κ1) is 16.6. The number of allylic oxidation sites excluding steroid dienone is 1. The van der Waals surface area contributed by atoms with Crippen LogP contribution >= 0.6 is 0 Å². The number of aliphatic hydroxyl groups is 1. The predicted molar refractivity (Wildman–Crippen MR) is 70.8 cm³/mol. The van der Waals surface area contributed by atoms with Crippen LogP contribution in [0.1, 0.15) is 40.5 Å². The lowest BCUT2D eigenvalue weighted by molar-refractivity contribution is -0.190. The fourth-order valence-electron chi connectivity index (χ4n) is 1.93. The van der Waals surface area contributed by atoms with Crippen molar-refractivity contribution in [3.05, 3.63) is 12.2 Å². The smallest absolute Gasteiger partial charge is 0.162 e. The number of rotatable bonds is 8. The Labute approximate surface area is 106 Å². The molecular weight excluding hydrogens is 216 g/mol. The van der Waals surface area contributed by atoms with Gasteiger partial charge in [-0.1, -0.05) is 46.3 Å². The summed E-state index contributed by atoms with van der Waals surface area (Å²) in [5, 5.41) is 10.1. The van der Waals surface area contributed by atoms with Gasteiger partial charge in [0.15, 0.2) is 6.29 Å². The van der Waals surface area contributed by atoms with Crippen molar-refractivity contribution in [1.29, 1.82) is 0 Å². The average Bonchev–Trinajstić information content (AvgIpc) is 2.29. The topological polar surface area (TPSA) is 38.7 Å². The average molecular weight is 244 g/mol. The highest BCUT2D eigenvalue weighted by atomic mass is 16.7. The Balaban J connectivity index is 4.59. The lowest BCUT2D eigenvalue weighted by Crippen LogP contribution is -2.42. The summed E-state index contributed by atoms with van der Waals surface area (Å²) in [6, 6.07) is 0. The Kier molecular flexibility index (Phi) is 7.68. The highest BCUT2D eigenvalue weighted by molar-refractivity contribution is 4.95. The zero-order valence-electron chi connectivity index (χ0n) is 12.1. The first-order valence-electron chi connectivity index (χ1n) is 6.32. The zero-order chi connectivity index (χ0) is 13.5. The van der Waals surface area contributed by atoms with Crippen LogP contribution in [0.5, 0.6) is 0 Å². The molecule has 0 aromatic carbocycles. The van der Waals surface area contributed by atoms with Crippen LogP contribution in [-0.2, 0) is 9.47 Å². The summed E-state index contributed by atoms with van der Waals surface area (Å²) in [6.07, 6.45) is 5.22. The van der Waals surface area contributed by atoms with E-state index < -0.39 is 6.10 Å². The van der Waals surface area contributed by atoms with E-state index in [0.717, 1.165) is 12.8 Å². The van der Waals surface area contributed by atoms with Crippen LogP contribution in [0.2, 0.25) is 0 Å². The molecule has 0 saturated heterocycles. The predicted octanol–water partition coefficient (Wildman–Crippen LogP) is 2.98. The third-order valence-corrected chi connectivity index (χ3v) is 3.51. The van der Waals surface area contributed by atoms with Crippen molar-refractivity contribution in [2.24, 2.45) is 11.3 Å². The van der Waals surface area contributed by atoms with Gasteiger partial charge in [0, 0.05) is 19.6 Å². The summed E-state index contributed by atoms with van der Waals surface area (Å²) < 4.78 is 10.6. The van der Waals surface area contributed by atoms with E-state index in [1.807, 2.05) is 32.9 Å². The van der Waals surface area contributed by atoms with Crippen molar-refractivity contribution < 1.29 is 14.6 Å². The highest BCUT2D eigenvalue weighted by Crippen LogP contribution is 2.35. The Hall–Kier alpha value is -0.380. The number of aliphatic hydroxyl groups excluding tert-OH is 1. The van der Waals surface area contributed by atoms with E-state index >= 15 is 0 Å². The fraction of sp³-hybridized carbons (Fsp3) is 0.857. The van der Waals surface area contributed by atoms with Gasteiger partial charge in [0.05, 0.1) is 6.10 Å². The number of hydrogen-bond acceptors (Lipinski definition) is 3. The van der Waals surface area contributed by atoms with Gasteiger partial charge in [0.1, 0.15) is 0 Å². The number of hydrogen-bond donors (Lipinski definition) is 1. The molecule has 3 heteroatoms. The van der Waals surface area contributed by atoms with Crippen molar-refractivity contribution in [2.75, 3.05) is 14.2 Å². The van der Waals surface area contributed by atoms with E-state index in [0.29, 0.717) is 0 Å². The molecule has 0 amide bonds. The summed E-state index contributed by atoms with van der Waals surface area (Å²) in [7, 11) is 3.25. The first-order valence-corrected chi connectivity index (χ1v) is 6.32. The molecule has 0 spiro atoms. The molecule has 0 radical (unpaired) electrons.